The van der Waals surface area contributed by atoms with Gasteiger partial charge in [-0.05, 0) is 28.1 Å². The smallest absolute Gasteiger partial charge is 0.361 e. The first-order valence-electron chi connectivity index (χ1n) is 4.40. The molecule has 0 spiro atoms. The van der Waals surface area contributed by atoms with Gasteiger partial charge >= 0.3 is 5.69 Å². The van der Waals surface area contributed by atoms with Gasteiger partial charge in [-0.2, -0.15) is 4.68 Å². The molecule has 0 unspecified atom stereocenters. The van der Waals surface area contributed by atoms with E-state index in [1.165, 1.54) is 4.68 Å². The first-order chi connectivity index (χ1) is 7.29. The van der Waals surface area contributed by atoms with E-state index in [9.17, 15) is 4.79 Å². The average Bonchev–Trinajstić information content (AvgIpc) is 2.66. The van der Waals surface area contributed by atoms with Crippen LogP contribution < -0.4 is 10.4 Å². The van der Waals surface area contributed by atoms with E-state index >= 15 is 0 Å². The number of methoxy groups -OCH3 is 1. The molecule has 0 bridgehead atoms. The summed E-state index contributed by atoms with van der Waals surface area (Å²) in [4.78, 5) is 11.1. The van der Waals surface area contributed by atoms with E-state index in [2.05, 4.69) is 15.5 Å². The van der Waals surface area contributed by atoms with Crippen LogP contribution in [-0.2, 0) is 6.54 Å². The number of rotatable bonds is 3. The summed E-state index contributed by atoms with van der Waals surface area (Å²) in [6, 6.07) is 7.42. The number of ether oxygens (including phenoxy) is 1. The highest BCUT2D eigenvalue weighted by Gasteiger charge is 2.00. The third-order valence-corrected chi connectivity index (χ3v) is 2.02. The standard InChI is InChI=1S/C9H10N4O2/c1-15-8-4-2-7(3-5-8)6-13-9(14)10-11-12-13/h2-5H,6H2,1H3,(H,10,12,14). The zero-order chi connectivity index (χ0) is 10.7. The molecule has 0 atom stereocenters. The first-order valence-corrected chi connectivity index (χ1v) is 4.40. The molecule has 6 heteroatoms. The van der Waals surface area contributed by atoms with Gasteiger partial charge in [0.1, 0.15) is 5.75 Å². The lowest BCUT2D eigenvalue weighted by Crippen LogP contribution is -2.18. The van der Waals surface area contributed by atoms with E-state index in [0.29, 0.717) is 6.54 Å². The minimum atomic E-state index is -0.314. The van der Waals surface area contributed by atoms with Gasteiger partial charge in [0.25, 0.3) is 0 Å². The van der Waals surface area contributed by atoms with Crippen molar-refractivity contribution in [1.82, 2.24) is 20.2 Å². The van der Waals surface area contributed by atoms with Crippen molar-refractivity contribution >= 4 is 0 Å². The van der Waals surface area contributed by atoms with Gasteiger partial charge in [-0.15, -0.1) is 0 Å². The summed E-state index contributed by atoms with van der Waals surface area (Å²) in [5, 5.41) is 9.26. The second-order valence-electron chi connectivity index (χ2n) is 3.01. The van der Waals surface area contributed by atoms with Crippen molar-refractivity contribution in [2.45, 2.75) is 6.54 Å². The first kappa shape index (κ1) is 9.45. The molecule has 0 fully saturated rings. The van der Waals surface area contributed by atoms with Gasteiger partial charge in [-0.3, -0.25) is 0 Å². The van der Waals surface area contributed by atoms with Gasteiger partial charge in [0.05, 0.1) is 13.7 Å². The number of H-pyrrole nitrogens is 1. The molecule has 2 aromatic rings. The molecule has 0 aliphatic rings. The van der Waals surface area contributed by atoms with Crippen LogP contribution in [-0.4, -0.2) is 27.3 Å². The fourth-order valence-electron chi connectivity index (χ4n) is 1.22. The van der Waals surface area contributed by atoms with Crippen molar-refractivity contribution in [3.05, 3.63) is 40.3 Å². The largest absolute Gasteiger partial charge is 0.497 e. The molecule has 1 N–H and O–H groups in total. The molecule has 1 aromatic heterocycles. The normalized spacial score (nSPS) is 10.2. The molecule has 0 saturated carbocycles. The molecule has 78 valence electrons. The van der Waals surface area contributed by atoms with E-state index in [1.807, 2.05) is 24.3 Å². The van der Waals surface area contributed by atoms with Crippen molar-refractivity contribution in [2.24, 2.45) is 0 Å². The number of aromatic nitrogens is 4. The van der Waals surface area contributed by atoms with Gasteiger partial charge in [0.2, 0.25) is 0 Å². The van der Waals surface area contributed by atoms with Crippen LogP contribution in [0.2, 0.25) is 0 Å². The highest BCUT2D eigenvalue weighted by Crippen LogP contribution is 2.11. The maximum absolute atomic E-state index is 11.1. The summed E-state index contributed by atoms with van der Waals surface area (Å²) in [5.41, 5.74) is 0.651. The Hall–Kier alpha value is -2.11. The van der Waals surface area contributed by atoms with Crippen LogP contribution >= 0.6 is 0 Å². The predicted octanol–water partition coefficient (Wildman–Crippen LogP) is 0.0233. The lowest BCUT2D eigenvalue weighted by molar-refractivity contribution is 0.414. The van der Waals surface area contributed by atoms with Gasteiger partial charge < -0.3 is 4.74 Å². The van der Waals surface area contributed by atoms with Crippen LogP contribution in [0.1, 0.15) is 5.56 Å². The number of hydrogen-bond acceptors (Lipinski definition) is 4. The van der Waals surface area contributed by atoms with E-state index in [0.717, 1.165) is 11.3 Å². The lowest BCUT2D eigenvalue weighted by Gasteiger charge is -2.01. The number of nitrogens with zero attached hydrogens (tertiary/aromatic N) is 3. The van der Waals surface area contributed by atoms with Gasteiger partial charge in [-0.25, -0.2) is 9.89 Å². The zero-order valence-electron chi connectivity index (χ0n) is 8.17. The fourth-order valence-corrected chi connectivity index (χ4v) is 1.22. The summed E-state index contributed by atoms with van der Waals surface area (Å²) < 4.78 is 6.28. The highest BCUT2D eigenvalue weighted by atomic mass is 16.5. The summed E-state index contributed by atoms with van der Waals surface area (Å²) in [6.07, 6.45) is 0. The van der Waals surface area contributed by atoms with Crippen LogP contribution in [0.5, 0.6) is 5.75 Å². The molecule has 0 saturated heterocycles. The minimum Gasteiger partial charge on any atom is -0.497 e. The van der Waals surface area contributed by atoms with E-state index < -0.39 is 0 Å². The highest BCUT2D eigenvalue weighted by molar-refractivity contribution is 5.27. The second-order valence-corrected chi connectivity index (χ2v) is 3.01. The van der Waals surface area contributed by atoms with E-state index in [-0.39, 0.29) is 5.69 Å². The Morgan fingerprint density at radius 3 is 2.67 bits per heavy atom. The third-order valence-electron chi connectivity index (χ3n) is 2.02. The zero-order valence-corrected chi connectivity index (χ0v) is 8.17. The molecule has 0 aliphatic heterocycles. The molecule has 1 aromatic carbocycles. The van der Waals surface area contributed by atoms with Gasteiger partial charge in [-0.1, -0.05) is 12.1 Å². The Balaban J connectivity index is 2.18. The van der Waals surface area contributed by atoms with Crippen LogP contribution in [0.3, 0.4) is 0 Å². The monoisotopic (exact) mass is 206 g/mol. The minimum absolute atomic E-state index is 0.314. The molecule has 0 amide bonds. The van der Waals surface area contributed by atoms with Crippen molar-refractivity contribution < 1.29 is 4.74 Å². The maximum atomic E-state index is 11.1. The van der Waals surface area contributed by atoms with Crippen molar-refractivity contribution in [3.8, 4) is 5.75 Å². The Morgan fingerprint density at radius 2 is 2.13 bits per heavy atom. The molecular formula is C9H10N4O2. The third kappa shape index (κ3) is 2.04. The summed E-state index contributed by atoms with van der Waals surface area (Å²) in [5.74, 6) is 0.784. The Morgan fingerprint density at radius 1 is 1.40 bits per heavy atom. The number of aromatic amines is 1. The second kappa shape index (κ2) is 3.95. The topological polar surface area (TPSA) is 72.8 Å². The van der Waals surface area contributed by atoms with Crippen LogP contribution in [0, 0.1) is 0 Å². The quantitative estimate of drug-likeness (QED) is 0.768. The summed E-state index contributed by atoms with van der Waals surface area (Å²) >= 11 is 0. The Bertz CT molecular complexity index is 485. The summed E-state index contributed by atoms with van der Waals surface area (Å²) in [6.45, 7) is 0.402. The van der Waals surface area contributed by atoms with Crippen LogP contribution in [0.25, 0.3) is 0 Å². The number of tetrazole rings is 1. The molecule has 1 heterocycles. The molecule has 6 nitrogen and oxygen atoms in total. The van der Waals surface area contributed by atoms with E-state index in [4.69, 9.17) is 4.74 Å². The van der Waals surface area contributed by atoms with Crippen molar-refractivity contribution in [3.63, 3.8) is 0 Å². The van der Waals surface area contributed by atoms with Crippen molar-refractivity contribution in [2.75, 3.05) is 7.11 Å². The van der Waals surface area contributed by atoms with Crippen LogP contribution in [0.4, 0.5) is 0 Å². The Kier molecular flexibility index (Phi) is 2.49. The molecule has 0 radical (unpaired) electrons. The van der Waals surface area contributed by atoms with Crippen molar-refractivity contribution in [1.29, 1.82) is 0 Å². The van der Waals surface area contributed by atoms with E-state index in [1.54, 1.807) is 7.11 Å². The maximum Gasteiger partial charge on any atom is 0.361 e. The molecule has 2 rings (SSSR count). The van der Waals surface area contributed by atoms with Crippen LogP contribution in [0.15, 0.2) is 29.1 Å². The lowest BCUT2D eigenvalue weighted by atomic mass is 10.2. The molecule has 0 aliphatic carbocycles. The van der Waals surface area contributed by atoms with Gasteiger partial charge in [0.15, 0.2) is 0 Å². The number of nitrogens with one attached hydrogen (secondary N) is 1. The van der Waals surface area contributed by atoms with Gasteiger partial charge in [0, 0.05) is 0 Å². The summed E-state index contributed by atoms with van der Waals surface area (Å²) in [7, 11) is 1.61. The molecule has 15 heavy (non-hydrogen) atoms. The average molecular weight is 206 g/mol. The fraction of sp³-hybridized carbons (Fsp3) is 0.222. The Labute approximate surface area is 85.5 Å². The number of benzene rings is 1. The number of hydrogen-bond donors (Lipinski definition) is 1. The molecular weight excluding hydrogens is 196 g/mol. The SMILES string of the molecule is COc1ccc(Cn2nn[nH]c2=O)cc1. The predicted molar refractivity (Wildman–Crippen MR) is 52.7 cm³/mol.